The van der Waals surface area contributed by atoms with Crippen LogP contribution in [0.1, 0.15) is 12.0 Å². The van der Waals surface area contributed by atoms with Gasteiger partial charge in [-0.15, -0.1) is 0 Å². The third-order valence-electron chi connectivity index (χ3n) is 2.07. The number of para-hydroxylation sites is 1. The molecule has 0 atom stereocenters. The van der Waals surface area contributed by atoms with E-state index in [0.29, 0.717) is 5.75 Å². The lowest BCUT2D eigenvalue weighted by molar-refractivity contribution is -0.383. The first-order valence-corrected chi connectivity index (χ1v) is 6.02. The van der Waals surface area contributed by atoms with Crippen LogP contribution in [0.15, 0.2) is 18.2 Å². The summed E-state index contributed by atoms with van der Waals surface area (Å²) in [4.78, 5) is 10.2. The van der Waals surface area contributed by atoms with E-state index in [0.717, 1.165) is 17.7 Å². The molecule has 88 valence electrons. The second-order valence-corrected chi connectivity index (χ2v) is 4.34. The van der Waals surface area contributed by atoms with Crippen molar-refractivity contribution in [2.24, 2.45) is 0 Å². The summed E-state index contributed by atoms with van der Waals surface area (Å²) in [6.45, 7) is 0.164. The van der Waals surface area contributed by atoms with Gasteiger partial charge in [-0.1, -0.05) is 12.1 Å². The molecule has 0 saturated carbocycles. The Bertz CT molecular complexity index is 371. The summed E-state index contributed by atoms with van der Waals surface area (Å²) in [7, 11) is 0. The molecule has 6 heteroatoms. The van der Waals surface area contributed by atoms with Crippen LogP contribution in [0.4, 0.5) is 11.4 Å². The highest BCUT2D eigenvalue weighted by atomic mass is 32.2. The fourth-order valence-corrected chi connectivity index (χ4v) is 2.18. The van der Waals surface area contributed by atoms with Gasteiger partial charge in [0.1, 0.15) is 5.69 Å². The number of nitro benzene ring substituents is 1. The maximum atomic E-state index is 10.6. The number of thioether (sulfide) groups is 1. The first-order chi connectivity index (χ1) is 7.66. The van der Waals surface area contributed by atoms with Gasteiger partial charge in [0.2, 0.25) is 0 Å². The van der Waals surface area contributed by atoms with Crippen molar-refractivity contribution in [1.82, 2.24) is 0 Å². The third-order valence-corrected chi connectivity index (χ3v) is 3.17. The lowest BCUT2D eigenvalue weighted by atomic mass is 10.2. The molecule has 0 saturated heterocycles. The minimum Gasteiger partial charge on any atom is -0.396 e. The number of nitro groups is 1. The van der Waals surface area contributed by atoms with Gasteiger partial charge in [-0.3, -0.25) is 10.1 Å². The molecule has 0 unspecified atom stereocenters. The number of aliphatic hydroxyl groups excluding tert-OH is 1. The zero-order chi connectivity index (χ0) is 12.0. The molecule has 0 aromatic heterocycles. The van der Waals surface area contributed by atoms with Crippen molar-refractivity contribution in [2.45, 2.75) is 12.2 Å². The van der Waals surface area contributed by atoms with Crippen molar-refractivity contribution in [1.29, 1.82) is 0 Å². The van der Waals surface area contributed by atoms with Crippen molar-refractivity contribution >= 4 is 23.1 Å². The summed E-state index contributed by atoms with van der Waals surface area (Å²) < 4.78 is 0. The van der Waals surface area contributed by atoms with Crippen molar-refractivity contribution in [3.63, 3.8) is 0 Å². The molecule has 16 heavy (non-hydrogen) atoms. The highest BCUT2D eigenvalue weighted by Crippen LogP contribution is 2.27. The Morgan fingerprint density at radius 1 is 1.50 bits per heavy atom. The van der Waals surface area contributed by atoms with Crippen LogP contribution < -0.4 is 5.73 Å². The standard InChI is InChI=1S/C10H14N2O3S/c11-10-8(7-16-6-2-5-13)3-1-4-9(10)12(14)15/h1,3-4,13H,2,5-7,11H2. The molecule has 1 aromatic carbocycles. The van der Waals surface area contributed by atoms with Gasteiger partial charge in [0.25, 0.3) is 5.69 Å². The summed E-state index contributed by atoms with van der Waals surface area (Å²) in [6.07, 6.45) is 0.722. The number of rotatable bonds is 6. The molecule has 0 heterocycles. The average Bonchev–Trinajstić information content (AvgIpc) is 2.26. The fraction of sp³-hybridized carbons (Fsp3) is 0.400. The second-order valence-electron chi connectivity index (χ2n) is 3.24. The predicted molar refractivity (Wildman–Crippen MR) is 65.4 cm³/mol. The van der Waals surface area contributed by atoms with Crippen LogP contribution in [-0.4, -0.2) is 22.4 Å². The molecule has 0 aliphatic rings. The van der Waals surface area contributed by atoms with Crippen molar-refractivity contribution < 1.29 is 10.0 Å². The molecule has 0 radical (unpaired) electrons. The summed E-state index contributed by atoms with van der Waals surface area (Å²) in [6, 6.07) is 4.82. The van der Waals surface area contributed by atoms with Gasteiger partial charge >= 0.3 is 0 Å². The van der Waals surface area contributed by atoms with E-state index in [1.807, 2.05) is 0 Å². The van der Waals surface area contributed by atoms with Crippen LogP contribution in [0.2, 0.25) is 0 Å². The van der Waals surface area contributed by atoms with Gasteiger partial charge in [-0.25, -0.2) is 0 Å². The number of nitrogen functional groups attached to an aromatic ring is 1. The molecule has 5 nitrogen and oxygen atoms in total. The lowest BCUT2D eigenvalue weighted by Crippen LogP contribution is -1.99. The number of hydrogen-bond acceptors (Lipinski definition) is 5. The molecule has 3 N–H and O–H groups in total. The van der Waals surface area contributed by atoms with Gasteiger partial charge in [-0.05, 0) is 17.7 Å². The SMILES string of the molecule is Nc1c(CSCCCO)cccc1[N+](=O)[O-]. The van der Waals surface area contributed by atoms with Crippen LogP contribution in [0.3, 0.4) is 0 Å². The fourth-order valence-electron chi connectivity index (χ4n) is 1.23. The zero-order valence-electron chi connectivity index (χ0n) is 8.76. The smallest absolute Gasteiger partial charge is 0.292 e. The van der Waals surface area contributed by atoms with E-state index in [1.54, 1.807) is 23.9 Å². The Balaban J connectivity index is 2.66. The van der Waals surface area contributed by atoms with Gasteiger partial charge in [0.05, 0.1) is 4.92 Å². The van der Waals surface area contributed by atoms with E-state index in [9.17, 15) is 10.1 Å². The summed E-state index contributed by atoms with van der Waals surface area (Å²) in [5, 5.41) is 19.2. The largest absolute Gasteiger partial charge is 0.396 e. The number of nitrogens with two attached hydrogens (primary N) is 1. The monoisotopic (exact) mass is 242 g/mol. The van der Waals surface area contributed by atoms with Gasteiger partial charge in [0, 0.05) is 18.4 Å². The number of aliphatic hydroxyl groups is 1. The minimum atomic E-state index is -0.475. The first kappa shape index (κ1) is 12.8. The molecule has 0 bridgehead atoms. The van der Waals surface area contributed by atoms with Gasteiger partial charge in [-0.2, -0.15) is 11.8 Å². The van der Waals surface area contributed by atoms with Crippen molar-refractivity contribution in [2.75, 3.05) is 18.1 Å². The minimum absolute atomic E-state index is 0.0414. The Hall–Kier alpha value is -1.27. The van der Waals surface area contributed by atoms with E-state index < -0.39 is 4.92 Å². The molecule has 1 rings (SSSR count). The number of hydrogen-bond donors (Lipinski definition) is 2. The molecular weight excluding hydrogens is 228 g/mol. The highest BCUT2D eigenvalue weighted by molar-refractivity contribution is 7.98. The van der Waals surface area contributed by atoms with E-state index in [1.165, 1.54) is 6.07 Å². The highest BCUT2D eigenvalue weighted by Gasteiger charge is 2.13. The van der Waals surface area contributed by atoms with E-state index in [2.05, 4.69) is 0 Å². The molecule has 0 aliphatic carbocycles. The Morgan fingerprint density at radius 3 is 2.88 bits per heavy atom. The topological polar surface area (TPSA) is 89.4 Å². The van der Waals surface area contributed by atoms with Crippen LogP contribution in [0.25, 0.3) is 0 Å². The second kappa shape index (κ2) is 6.34. The Morgan fingerprint density at radius 2 is 2.25 bits per heavy atom. The summed E-state index contributed by atoms with van der Waals surface area (Å²) in [5.41, 5.74) is 6.67. The molecule has 0 spiro atoms. The lowest BCUT2D eigenvalue weighted by Gasteiger charge is -2.05. The van der Waals surface area contributed by atoms with Crippen LogP contribution >= 0.6 is 11.8 Å². The third kappa shape index (κ3) is 3.39. The van der Waals surface area contributed by atoms with Gasteiger partial charge in [0.15, 0.2) is 0 Å². The zero-order valence-corrected chi connectivity index (χ0v) is 9.57. The maximum absolute atomic E-state index is 10.6. The normalized spacial score (nSPS) is 10.3. The quantitative estimate of drug-likeness (QED) is 0.343. The van der Waals surface area contributed by atoms with E-state index in [-0.39, 0.29) is 18.0 Å². The van der Waals surface area contributed by atoms with Crippen molar-refractivity contribution in [3.05, 3.63) is 33.9 Å². The first-order valence-electron chi connectivity index (χ1n) is 4.87. The molecule has 0 amide bonds. The predicted octanol–water partition coefficient (Wildman–Crippen LogP) is 1.79. The van der Waals surface area contributed by atoms with E-state index >= 15 is 0 Å². The summed E-state index contributed by atoms with van der Waals surface area (Å²) >= 11 is 1.60. The Kier molecular flexibility index (Phi) is 5.07. The molecule has 0 aliphatic heterocycles. The number of anilines is 1. The average molecular weight is 242 g/mol. The number of benzene rings is 1. The Labute approximate surface area is 97.8 Å². The van der Waals surface area contributed by atoms with Crippen LogP contribution in [0.5, 0.6) is 0 Å². The number of nitrogens with zero attached hydrogens (tertiary/aromatic N) is 1. The molecule has 1 aromatic rings. The van der Waals surface area contributed by atoms with Crippen LogP contribution in [-0.2, 0) is 5.75 Å². The maximum Gasteiger partial charge on any atom is 0.292 e. The van der Waals surface area contributed by atoms with Crippen LogP contribution in [0, 0.1) is 10.1 Å². The molecule has 0 fully saturated rings. The van der Waals surface area contributed by atoms with Gasteiger partial charge < -0.3 is 10.8 Å². The summed E-state index contributed by atoms with van der Waals surface area (Å²) in [5.74, 6) is 1.45. The van der Waals surface area contributed by atoms with Crippen molar-refractivity contribution in [3.8, 4) is 0 Å². The molecular formula is C10H14N2O3S. The van der Waals surface area contributed by atoms with E-state index in [4.69, 9.17) is 10.8 Å².